The summed E-state index contributed by atoms with van der Waals surface area (Å²) in [6.07, 6.45) is -5.14. The molecule has 240 valence electrons. The average Bonchev–Trinajstić information content (AvgIpc) is 2.97. The van der Waals surface area contributed by atoms with Crippen LogP contribution in [-0.2, 0) is 27.2 Å². The topological polar surface area (TPSA) is 142 Å². The lowest BCUT2D eigenvalue weighted by atomic mass is 10.1. The zero-order valence-electron chi connectivity index (χ0n) is 23.7. The maximum absolute atomic E-state index is 13.5. The first-order valence-corrected chi connectivity index (χ1v) is 15.5. The number of alkyl halides is 3. The normalized spacial score (nSPS) is 12.2. The Kier molecular flexibility index (Phi) is 10.3. The third kappa shape index (κ3) is 8.16. The summed E-state index contributed by atoms with van der Waals surface area (Å²) >= 11 is 12.1. The van der Waals surface area contributed by atoms with E-state index in [1.54, 1.807) is 13.0 Å². The van der Waals surface area contributed by atoms with Gasteiger partial charge in [-0.05, 0) is 67.1 Å². The fourth-order valence-electron chi connectivity index (χ4n) is 4.27. The molecule has 0 aliphatic heterocycles. The lowest BCUT2D eigenvalue weighted by Crippen LogP contribution is -2.44. The lowest BCUT2D eigenvalue weighted by molar-refractivity contribution is -0.139. The van der Waals surface area contributed by atoms with Gasteiger partial charge >= 0.3 is 18.2 Å². The Hall–Kier alpha value is -4.59. The molecule has 0 unspecified atom stereocenters. The number of benzene rings is 4. The van der Waals surface area contributed by atoms with Crippen molar-refractivity contribution in [2.45, 2.75) is 35.4 Å². The summed E-state index contributed by atoms with van der Waals surface area (Å²) in [4.78, 5) is 36.6. The van der Waals surface area contributed by atoms with Gasteiger partial charge in [0.2, 0.25) is 9.84 Å². The van der Waals surface area contributed by atoms with E-state index in [-0.39, 0.29) is 26.9 Å². The molecule has 0 aliphatic carbocycles. The highest BCUT2D eigenvalue weighted by atomic mass is 35.5. The molecule has 46 heavy (non-hydrogen) atoms. The summed E-state index contributed by atoms with van der Waals surface area (Å²) in [7, 11) is -4.39. The largest absolute Gasteiger partial charge is 0.480 e. The van der Waals surface area contributed by atoms with E-state index in [9.17, 15) is 41.1 Å². The molecule has 0 saturated heterocycles. The number of rotatable bonds is 9. The van der Waals surface area contributed by atoms with Gasteiger partial charge in [-0.1, -0.05) is 59.1 Å². The predicted octanol–water partition coefficient (Wildman–Crippen LogP) is 7.22. The monoisotopic (exact) mass is 693 g/mol. The molecule has 0 radical (unpaired) electrons. The summed E-state index contributed by atoms with van der Waals surface area (Å²) in [6, 6.07) is 15.0. The molecule has 3 amide bonds. The summed E-state index contributed by atoms with van der Waals surface area (Å²) in [5.41, 5.74) is -0.394. The SMILES string of the molecule is Cc1ccc(S(=O)(=O)c2ccc(C(F)(F)F)cc2NC(=O)N[C@@H](Cc2ccc(NC(=O)c3c(Cl)cccc3Cl)cc2)C(=O)O)cc1. The second-order valence-electron chi connectivity index (χ2n) is 9.97. The van der Waals surface area contributed by atoms with E-state index < -0.39 is 56.1 Å². The Balaban J connectivity index is 1.52. The van der Waals surface area contributed by atoms with Gasteiger partial charge in [-0.2, -0.15) is 13.2 Å². The van der Waals surface area contributed by atoms with Crippen molar-refractivity contribution >= 4 is 62.3 Å². The van der Waals surface area contributed by atoms with Crippen molar-refractivity contribution in [1.82, 2.24) is 5.32 Å². The van der Waals surface area contributed by atoms with Gasteiger partial charge in [0.1, 0.15) is 6.04 Å². The van der Waals surface area contributed by atoms with Crippen LogP contribution in [0.1, 0.15) is 27.0 Å². The van der Waals surface area contributed by atoms with Crippen molar-refractivity contribution in [2.24, 2.45) is 0 Å². The van der Waals surface area contributed by atoms with Crippen molar-refractivity contribution in [3.8, 4) is 0 Å². The van der Waals surface area contributed by atoms with Crippen LogP contribution in [0.25, 0.3) is 0 Å². The number of carbonyl (C=O) groups is 3. The van der Waals surface area contributed by atoms with Crippen molar-refractivity contribution in [3.63, 3.8) is 0 Å². The number of sulfone groups is 1. The van der Waals surface area contributed by atoms with Crippen LogP contribution in [0.3, 0.4) is 0 Å². The molecule has 4 N–H and O–H groups in total. The molecular formula is C31H24Cl2F3N3O6S. The van der Waals surface area contributed by atoms with Gasteiger partial charge in [0, 0.05) is 12.1 Å². The van der Waals surface area contributed by atoms with Crippen LogP contribution in [0.4, 0.5) is 29.3 Å². The highest BCUT2D eigenvalue weighted by molar-refractivity contribution is 7.91. The highest BCUT2D eigenvalue weighted by Gasteiger charge is 2.33. The molecule has 0 fully saturated rings. The maximum Gasteiger partial charge on any atom is 0.416 e. The summed E-state index contributed by atoms with van der Waals surface area (Å²) in [5, 5.41) is 16.9. The Morgan fingerprint density at radius 2 is 1.48 bits per heavy atom. The van der Waals surface area contributed by atoms with E-state index in [4.69, 9.17) is 23.2 Å². The van der Waals surface area contributed by atoms with Gasteiger partial charge < -0.3 is 21.1 Å². The second-order valence-corrected chi connectivity index (χ2v) is 12.7. The first-order valence-electron chi connectivity index (χ1n) is 13.2. The van der Waals surface area contributed by atoms with Gasteiger partial charge in [0.25, 0.3) is 5.91 Å². The average molecular weight is 695 g/mol. The Morgan fingerprint density at radius 3 is 2.04 bits per heavy atom. The van der Waals surface area contributed by atoms with E-state index in [2.05, 4.69) is 16.0 Å². The lowest BCUT2D eigenvalue weighted by Gasteiger charge is -2.18. The number of hydrogen-bond donors (Lipinski definition) is 4. The van der Waals surface area contributed by atoms with E-state index in [1.807, 2.05) is 0 Å². The zero-order chi connectivity index (χ0) is 33.8. The number of anilines is 2. The molecule has 0 aromatic heterocycles. The molecule has 0 aliphatic rings. The van der Waals surface area contributed by atoms with Crippen LogP contribution in [0.15, 0.2) is 94.7 Å². The predicted molar refractivity (Wildman–Crippen MR) is 166 cm³/mol. The maximum atomic E-state index is 13.5. The Morgan fingerprint density at radius 1 is 0.870 bits per heavy atom. The fourth-order valence-corrected chi connectivity index (χ4v) is 6.23. The Labute approximate surface area is 271 Å². The first-order chi connectivity index (χ1) is 21.6. The molecule has 0 spiro atoms. The van der Waals surface area contributed by atoms with Crippen LogP contribution >= 0.6 is 23.2 Å². The third-order valence-electron chi connectivity index (χ3n) is 6.62. The van der Waals surface area contributed by atoms with Crippen LogP contribution < -0.4 is 16.0 Å². The van der Waals surface area contributed by atoms with Gasteiger partial charge in [-0.15, -0.1) is 0 Å². The minimum atomic E-state index is -4.87. The van der Waals surface area contributed by atoms with Crippen LogP contribution in [-0.4, -0.2) is 37.5 Å². The van der Waals surface area contributed by atoms with E-state index in [0.29, 0.717) is 23.4 Å². The number of halogens is 5. The van der Waals surface area contributed by atoms with Gasteiger partial charge in [-0.25, -0.2) is 18.0 Å². The fraction of sp³-hybridized carbons (Fsp3) is 0.129. The molecule has 4 rings (SSSR count). The van der Waals surface area contributed by atoms with Crippen molar-refractivity contribution in [2.75, 3.05) is 10.6 Å². The summed E-state index contributed by atoms with van der Waals surface area (Å²) in [5.74, 6) is -2.05. The van der Waals surface area contributed by atoms with E-state index >= 15 is 0 Å². The summed E-state index contributed by atoms with van der Waals surface area (Å²) in [6.45, 7) is 1.72. The number of nitrogens with one attached hydrogen (secondary N) is 3. The number of carboxylic acid groups (broad SMARTS) is 1. The van der Waals surface area contributed by atoms with Gasteiger partial charge in [0.05, 0.1) is 36.7 Å². The van der Waals surface area contributed by atoms with Crippen molar-refractivity contribution < 1.29 is 41.1 Å². The molecule has 0 saturated carbocycles. The molecule has 4 aromatic carbocycles. The number of urea groups is 1. The number of hydrogen-bond acceptors (Lipinski definition) is 5. The molecule has 1 atom stereocenters. The third-order valence-corrected chi connectivity index (χ3v) is 9.08. The highest BCUT2D eigenvalue weighted by Crippen LogP contribution is 2.35. The molecular weight excluding hydrogens is 670 g/mol. The number of carboxylic acids is 1. The molecule has 9 nitrogen and oxygen atoms in total. The minimum Gasteiger partial charge on any atom is -0.480 e. The Bertz CT molecular complexity index is 1880. The van der Waals surface area contributed by atoms with Crippen molar-refractivity contribution in [3.05, 3.63) is 117 Å². The second kappa shape index (κ2) is 13.8. The van der Waals surface area contributed by atoms with Crippen molar-refractivity contribution in [1.29, 1.82) is 0 Å². The quantitative estimate of drug-likeness (QED) is 0.146. The first kappa shape index (κ1) is 34.3. The number of aryl methyl sites for hydroxylation is 1. The van der Waals surface area contributed by atoms with Crippen LogP contribution in [0.2, 0.25) is 10.0 Å². The molecule has 15 heteroatoms. The number of aliphatic carboxylic acids is 1. The minimum absolute atomic E-state index is 0.0617. The zero-order valence-corrected chi connectivity index (χ0v) is 26.0. The summed E-state index contributed by atoms with van der Waals surface area (Å²) < 4.78 is 67.1. The standard InChI is InChI=1S/C31H24Cl2F3N3O6S/c1-17-5-12-21(13-6-17)46(44,45)26-14-9-19(31(34,35)36)16-24(26)38-30(43)39-25(29(41)42)15-18-7-10-20(11-8-18)37-28(40)27-22(32)3-2-4-23(27)33/h2-14,16,25H,15H2,1H3,(H,37,40)(H,41,42)(H2,38,39,43)/t25-/m0/s1. The van der Waals surface area contributed by atoms with E-state index in [0.717, 1.165) is 11.6 Å². The molecule has 4 aromatic rings. The van der Waals surface area contributed by atoms with E-state index in [1.165, 1.54) is 60.7 Å². The van der Waals surface area contributed by atoms with Crippen LogP contribution in [0, 0.1) is 6.92 Å². The van der Waals surface area contributed by atoms with Gasteiger partial charge in [-0.3, -0.25) is 4.79 Å². The van der Waals surface area contributed by atoms with Crippen LogP contribution in [0.5, 0.6) is 0 Å². The number of carbonyl (C=O) groups excluding carboxylic acids is 2. The van der Waals surface area contributed by atoms with Gasteiger partial charge in [0.15, 0.2) is 0 Å². The number of amides is 3. The molecule has 0 bridgehead atoms. The molecule has 0 heterocycles. The smallest absolute Gasteiger partial charge is 0.416 e.